The SMILES string of the molecule is CCNC(=NCCCc1ccc(OC)c(OCC)c1)NCCN1CCCN(C)CC1.I. The molecule has 1 aliphatic rings. The van der Waals surface area contributed by atoms with Crippen molar-refractivity contribution in [3.63, 3.8) is 0 Å². The van der Waals surface area contributed by atoms with E-state index in [0.717, 1.165) is 69.6 Å². The highest BCUT2D eigenvalue weighted by Gasteiger charge is 2.11. The molecule has 0 aromatic heterocycles. The van der Waals surface area contributed by atoms with E-state index in [9.17, 15) is 0 Å². The summed E-state index contributed by atoms with van der Waals surface area (Å²) < 4.78 is 11.0. The Morgan fingerprint density at radius 3 is 2.68 bits per heavy atom. The maximum absolute atomic E-state index is 5.67. The third-order valence-corrected chi connectivity index (χ3v) is 5.30. The van der Waals surface area contributed by atoms with Gasteiger partial charge in [0.25, 0.3) is 0 Å². The van der Waals surface area contributed by atoms with Crippen LogP contribution >= 0.6 is 24.0 Å². The van der Waals surface area contributed by atoms with Crippen molar-refractivity contribution in [3.8, 4) is 11.5 Å². The molecule has 1 aliphatic heterocycles. The zero-order valence-corrected chi connectivity index (χ0v) is 22.1. The summed E-state index contributed by atoms with van der Waals surface area (Å²) in [5.74, 6) is 2.51. The number of nitrogens with one attached hydrogen (secondary N) is 2. The van der Waals surface area contributed by atoms with Gasteiger partial charge in [0.1, 0.15) is 0 Å². The number of benzene rings is 1. The topological polar surface area (TPSA) is 61.4 Å². The van der Waals surface area contributed by atoms with Crippen molar-refractivity contribution in [2.75, 3.05) is 73.1 Å². The lowest BCUT2D eigenvalue weighted by atomic mass is 10.1. The molecular weight excluding hydrogens is 505 g/mol. The highest BCUT2D eigenvalue weighted by Crippen LogP contribution is 2.28. The first-order valence-electron chi connectivity index (χ1n) is 11.4. The minimum atomic E-state index is 0. The van der Waals surface area contributed by atoms with Gasteiger partial charge in [-0.15, -0.1) is 24.0 Å². The van der Waals surface area contributed by atoms with E-state index in [1.165, 1.54) is 25.1 Å². The van der Waals surface area contributed by atoms with Crippen LogP contribution in [0.5, 0.6) is 11.5 Å². The van der Waals surface area contributed by atoms with Crippen LogP contribution in [-0.2, 0) is 6.42 Å². The number of guanidine groups is 1. The normalized spacial score (nSPS) is 15.7. The highest BCUT2D eigenvalue weighted by atomic mass is 127. The Balaban J connectivity index is 0.00000480. The van der Waals surface area contributed by atoms with E-state index in [0.29, 0.717) is 6.61 Å². The smallest absolute Gasteiger partial charge is 0.191 e. The molecule has 178 valence electrons. The fraction of sp³-hybridized carbons (Fsp3) is 0.696. The molecule has 1 aromatic rings. The maximum atomic E-state index is 5.67. The lowest BCUT2D eigenvalue weighted by molar-refractivity contribution is 0.280. The van der Waals surface area contributed by atoms with Gasteiger partial charge in [0.15, 0.2) is 17.5 Å². The van der Waals surface area contributed by atoms with Gasteiger partial charge in [0.05, 0.1) is 13.7 Å². The number of nitrogens with zero attached hydrogens (tertiary/aromatic N) is 3. The third-order valence-electron chi connectivity index (χ3n) is 5.30. The average Bonchev–Trinajstić information content (AvgIpc) is 2.95. The zero-order chi connectivity index (χ0) is 21.6. The lowest BCUT2D eigenvalue weighted by Gasteiger charge is -2.21. The largest absolute Gasteiger partial charge is 0.493 e. The summed E-state index contributed by atoms with van der Waals surface area (Å²) in [6.45, 7) is 13.1. The van der Waals surface area contributed by atoms with Gasteiger partial charge < -0.3 is 29.9 Å². The highest BCUT2D eigenvalue weighted by molar-refractivity contribution is 14.0. The van der Waals surface area contributed by atoms with Crippen LogP contribution in [0.4, 0.5) is 0 Å². The molecule has 0 saturated carbocycles. The number of halogens is 1. The van der Waals surface area contributed by atoms with Crippen molar-refractivity contribution >= 4 is 29.9 Å². The van der Waals surface area contributed by atoms with Gasteiger partial charge in [-0.2, -0.15) is 0 Å². The standard InChI is InChI=1S/C23H41N5O2.HI/c1-5-24-23(26-13-16-28-15-8-14-27(3)17-18-28)25-12-7-9-20-10-11-21(29-4)22(19-20)30-6-2;/h10-11,19H,5-9,12-18H2,1-4H3,(H2,24,25,26);1H. The van der Waals surface area contributed by atoms with Gasteiger partial charge in [-0.1, -0.05) is 6.07 Å². The molecule has 7 nitrogen and oxygen atoms in total. The van der Waals surface area contributed by atoms with Crippen molar-refractivity contribution in [2.24, 2.45) is 4.99 Å². The Labute approximate surface area is 206 Å². The second-order valence-electron chi connectivity index (χ2n) is 7.71. The van der Waals surface area contributed by atoms with E-state index in [1.54, 1.807) is 7.11 Å². The Bertz CT molecular complexity index is 644. The molecular formula is C23H42IN5O2. The summed E-state index contributed by atoms with van der Waals surface area (Å²) >= 11 is 0. The minimum absolute atomic E-state index is 0. The molecule has 0 amide bonds. The summed E-state index contributed by atoms with van der Waals surface area (Å²) in [6, 6.07) is 6.16. The summed E-state index contributed by atoms with van der Waals surface area (Å²) in [6.07, 6.45) is 3.21. The molecule has 0 spiro atoms. The molecule has 1 saturated heterocycles. The van der Waals surface area contributed by atoms with Gasteiger partial charge in [0.2, 0.25) is 0 Å². The van der Waals surface area contributed by atoms with Crippen molar-refractivity contribution in [1.29, 1.82) is 0 Å². The van der Waals surface area contributed by atoms with E-state index in [1.807, 2.05) is 13.0 Å². The van der Waals surface area contributed by atoms with E-state index in [2.05, 4.69) is 46.5 Å². The molecule has 1 fully saturated rings. The van der Waals surface area contributed by atoms with Crippen LogP contribution in [0.1, 0.15) is 32.3 Å². The Morgan fingerprint density at radius 1 is 1.10 bits per heavy atom. The van der Waals surface area contributed by atoms with Crippen molar-refractivity contribution < 1.29 is 9.47 Å². The third kappa shape index (κ3) is 10.7. The van der Waals surface area contributed by atoms with E-state index >= 15 is 0 Å². The van der Waals surface area contributed by atoms with Gasteiger partial charge in [-0.05, 0) is 70.9 Å². The molecule has 0 bridgehead atoms. The van der Waals surface area contributed by atoms with E-state index < -0.39 is 0 Å². The summed E-state index contributed by atoms with van der Waals surface area (Å²) in [7, 11) is 3.88. The average molecular weight is 548 g/mol. The van der Waals surface area contributed by atoms with Gasteiger partial charge in [0, 0.05) is 39.3 Å². The van der Waals surface area contributed by atoms with Crippen LogP contribution < -0.4 is 20.1 Å². The number of ether oxygens (including phenoxy) is 2. The fourth-order valence-corrected chi connectivity index (χ4v) is 3.62. The number of hydrogen-bond donors (Lipinski definition) is 2. The van der Waals surface area contributed by atoms with Crippen molar-refractivity contribution in [3.05, 3.63) is 23.8 Å². The first-order chi connectivity index (χ1) is 14.7. The fourth-order valence-electron chi connectivity index (χ4n) is 3.62. The molecule has 1 aromatic carbocycles. The van der Waals surface area contributed by atoms with E-state index in [4.69, 9.17) is 14.5 Å². The summed E-state index contributed by atoms with van der Waals surface area (Å²) in [5.41, 5.74) is 1.25. The predicted molar refractivity (Wildman–Crippen MR) is 140 cm³/mol. The second kappa shape index (κ2) is 16.4. The first-order valence-corrected chi connectivity index (χ1v) is 11.4. The van der Waals surface area contributed by atoms with Crippen LogP contribution in [0.25, 0.3) is 0 Å². The van der Waals surface area contributed by atoms with Gasteiger partial charge in [-0.3, -0.25) is 4.99 Å². The number of likely N-dealkylation sites (N-methyl/N-ethyl adjacent to an activating group) is 1. The van der Waals surface area contributed by atoms with Gasteiger partial charge in [-0.25, -0.2) is 0 Å². The summed E-state index contributed by atoms with van der Waals surface area (Å²) in [4.78, 5) is 9.70. The maximum Gasteiger partial charge on any atom is 0.191 e. The Kier molecular flexibility index (Phi) is 14.7. The number of methoxy groups -OCH3 is 1. The Hall–Kier alpha value is -1.26. The summed E-state index contributed by atoms with van der Waals surface area (Å²) in [5, 5.41) is 6.84. The number of aryl methyl sites for hydroxylation is 1. The predicted octanol–water partition coefficient (Wildman–Crippen LogP) is 2.84. The molecule has 0 aliphatic carbocycles. The molecule has 31 heavy (non-hydrogen) atoms. The molecule has 0 radical (unpaired) electrons. The van der Waals surface area contributed by atoms with Crippen LogP contribution in [0.2, 0.25) is 0 Å². The molecule has 0 unspecified atom stereocenters. The molecule has 2 N–H and O–H groups in total. The molecule has 8 heteroatoms. The first kappa shape index (κ1) is 27.8. The number of hydrogen-bond acceptors (Lipinski definition) is 5. The monoisotopic (exact) mass is 547 g/mol. The lowest BCUT2D eigenvalue weighted by Crippen LogP contribution is -2.42. The van der Waals surface area contributed by atoms with E-state index in [-0.39, 0.29) is 24.0 Å². The van der Waals surface area contributed by atoms with Crippen LogP contribution in [-0.4, -0.2) is 88.9 Å². The molecule has 2 rings (SSSR count). The quantitative estimate of drug-likeness (QED) is 0.192. The second-order valence-corrected chi connectivity index (χ2v) is 7.71. The van der Waals surface area contributed by atoms with Crippen LogP contribution in [0, 0.1) is 0 Å². The van der Waals surface area contributed by atoms with Crippen LogP contribution in [0.15, 0.2) is 23.2 Å². The minimum Gasteiger partial charge on any atom is -0.493 e. The van der Waals surface area contributed by atoms with Crippen molar-refractivity contribution in [2.45, 2.75) is 33.1 Å². The molecule has 0 atom stereocenters. The number of rotatable bonds is 11. The van der Waals surface area contributed by atoms with Gasteiger partial charge >= 0.3 is 0 Å². The molecule has 1 heterocycles. The van der Waals surface area contributed by atoms with Crippen LogP contribution in [0.3, 0.4) is 0 Å². The number of aliphatic imine (C=N–C) groups is 1. The zero-order valence-electron chi connectivity index (χ0n) is 19.8. The Morgan fingerprint density at radius 2 is 1.94 bits per heavy atom. The van der Waals surface area contributed by atoms with Crippen molar-refractivity contribution in [1.82, 2.24) is 20.4 Å².